The number of rotatable bonds is 1. The van der Waals surface area contributed by atoms with Gasteiger partial charge in [-0.15, -0.1) is 5.10 Å². The third-order valence-electron chi connectivity index (χ3n) is 3.67. The van der Waals surface area contributed by atoms with Crippen LogP contribution < -0.4 is 4.90 Å². The highest BCUT2D eigenvalue weighted by Crippen LogP contribution is 2.28. The Morgan fingerprint density at radius 2 is 1.91 bits per heavy atom. The van der Waals surface area contributed by atoms with Gasteiger partial charge in [0.05, 0.1) is 29.7 Å². The maximum Gasteiger partial charge on any atom is 0.260 e. The van der Waals surface area contributed by atoms with E-state index in [1.165, 1.54) is 0 Å². The molecule has 5 nitrogen and oxygen atoms in total. The van der Waals surface area contributed by atoms with Crippen LogP contribution in [0.2, 0.25) is 5.02 Å². The van der Waals surface area contributed by atoms with Crippen LogP contribution in [0.25, 0.3) is 5.69 Å². The van der Waals surface area contributed by atoms with E-state index < -0.39 is 0 Å². The highest BCUT2D eigenvalue weighted by atomic mass is 35.5. The number of anilines is 1. The van der Waals surface area contributed by atoms with E-state index in [0.717, 1.165) is 11.4 Å². The highest BCUT2D eigenvalue weighted by molar-refractivity contribution is 6.31. The number of hydrogen-bond donors (Lipinski definition) is 0. The van der Waals surface area contributed by atoms with Crippen molar-refractivity contribution >= 4 is 23.2 Å². The molecule has 1 aromatic heterocycles. The molecule has 1 amide bonds. The summed E-state index contributed by atoms with van der Waals surface area (Å²) in [5, 5.41) is 8.57. The van der Waals surface area contributed by atoms with Gasteiger partial charge in [0.1, 0.15) is 0 Å². The van der Waals surface area contributed by atoms with Gasteiger partial charge < -0.3 is 4.90 Å². The van der Waals surface area contributed by atoms with Crippen molar-refractivity contribution in [1.29, 1.82) is 0 Å². The predicted molar refractivity (Wildman–Crippen MR) is 83.3 cm³/mol. The molecule has 0 atom stereocenters. The second kappa shape index (κ2) is 4.96. The molecule has 4 rings (SSSR count). The number of fused-ring (bicyclic) bond motifs is 3. The SMILES string of the molecule is O=C1c2cc(Cl)ccc2-n2nncc2CN1c1ccccc1. The van der Waals surface area contributed by atoms with Gasteiger partial charge in [-0.25, -0.2) is 4.68 Å². The summed E-state index contributed by atoms with van der Waals surface area (Å²) >= 11 is 6.07. The van der Waals surface area contributed by atoms with Crippen LogP contribution in [0.1, 0.15) is 16.1 Å². The summed E-state index contributed by atoms with van der Waals surface area (Å²) in [5.41, 5.74) is 2.88. The van der Waals surface area contributed by atoms with Crippen LogP contribution in [-0.2, 0) is 6.54 Å². The van der Waals surface area contributed by atoms with Gasteiger partial charge in [0.25, 0.3) is 5.91 Å². The van der Waals surface area contributed by atoms with Crippen LogP contribution in [0.3, 0.4) is 0 Å². The Hall–Kier alpha value is -2.66. The molecule has 3 aromatic rings. The van der Waals surface area contributed by atoms with Gasteiger partial charge >= 0.3 is 0 Å². The number of carbonyl (C=O) groups is 1. The van der Waals surface area contributed by atoms with Gasteiger partial charge in [0, 0.05) is 10.7 Å². The number of para-hydroxylation sites is 1. The minimum absolute atomic E-state index is 0.103. The molecule has 0 spiro atoms. The Labute approximate surface area is 131 Å². The standard InChI is InChI=1S/C16H11ClN4O/c17-11-6-7-15-14(8-11)16(22)20(12-4-2-1-3-5-12)10-13-9-18-19-21(13)15/h1-9H,10H2. The molecule has 0 fully saturated rings. The Morgan fingerprint density at radius 3 is 2.73 bits per heavy atom. The number of benzene rings is 2. The summed E-state index contributed by atoms with van der Waals surface area (Å²) in [5.74, 6) is -0.103. The minimum Gasteiger partial charge on any atom is -0.302 e. The summed E-state index contributed by atoms with van der Waals surface area (Å²) in [7, 11) is 0. The number of nitrogens with zero attached hydrogens (tertiary/aromatic N) is 4. The van der Waals surface area contributed by atoms with Crippen molar-refractivity contribution in [3.63, 3.8) is 0 Å². The smallest absolute Gasteiger partial charge is 0.260 e. The highest BCUT2D eigenvalue weighted by Gasteiger charge is 2.28. The summed E-state index contributed by atoms with van der Waals surface area (Å²) in [6, 6.07) is 14.8. The van der Waals surface area contributed by atoms with Gasteiger partial charge in [0.15, 0.2) is 0 Å². The fourth-order valence-corrected chi connectivity index (χ4v) is 2.80. The summed E-state index contributed by atoms with van der Waals surface area (Å²) in [6.07, 6.45) is 1.67. The van der Waals surface area contributed by atoms with Crippen molar-refractivity contribution in [2.24, 2.45) is 0 Å². The van der Waals surface area contributed by atoms with E-state index in [4.69, 9.17) is 11.6 Å². The van der Waals surface area contributed by atoms with Crippen molar-refractivity contribution < 1.29 is 4.79 Å². The molecule has 0 saturated heterocycles. The van der Waals surface area contributed by atoms with Gasteiger partial charge in [0.2, 0.25) is 0 Å². The first-order valence-corrected chi connectivity index (χ1v) is 7.18. The number of amides is 1. The summed E-state index contributed by atoms with van der Waals surface area (Å²) in [6.45, 7) is 0.405. The molecule has 0 radical (unpaired) electrons. The van der Waals surface area contributed by atoms with Crippen molar-refractivity contribution in [2.45, 2.75) is 6.54 Å². The summed E-state index contributed by atoms with van der Waals surface area (Å²) in [4.78, 5) is 14.7. The van der Waals surface area contributed by atoms with Crippen molar-refractivity contribution in [3.05, 3.63) is 71.0 Å². The number of carbonyl (C=O) groups excluding carboxylic acids is 1. The fourth-order valence-electron chi connectivity index (χ4n) is 2.63. The lowest BCUT2D eigenvalue weighted by molar-refractivity contribution is 0.0986. The molecule has 1 aliphatic rings. The molecule has 0 N–H and O–H groups in total. The fraction of sp³-hybridized carbons (Fsp3) is 0.0625. The predicted octanol–water partition coefficient (Wildman–Crippen LogP) is 3.08. The Kier molecular flexibility index (Phi) is 2.94. The molecule has 1 aliphatic heterocycles. The molecule has 108 valence electrons. The molecule has 2 aromatic carbocycles. The first-order chi connectivity index (χ1) is 10.7. The quantitative estimate of drug-likeness (QED) is 0.694. The van der Waals surface area contributed by atoms with Crippen LogP contribution in [0.4, 0.5) is 5.69 Å². The van der Waals surface area contributed by atoms with E-state index in [-0.39, 0.29) is 5.91 Å². The van der Waals surface area contributed by atoms with Gasteiger partial charge in [-0.3, -0.25) is 4.79 Å². The minimum atomic E-state index is -0.103. The number of halogens is 1. The Bertz CT molecular complexity index is 860. The molecule has 0 saturated carbocycles. The third kappa shape index (κ3) is 1.98. The molecule has 22 heavy (non-hydrogen) atoms. The first-order valence-electron chi connectivity index (χ1n) is 6.80. The maximum absolute atomic E-state index is 13.0. The lowest BCUT2D eigenvalue weighted by Gasteiger charge is -2.20. The van der Waals surface area contributed by atoms with Crippen molar-refractivity contribution in [1.82, 2.24) is 15.0 Å². The topological polar surface area (TPSA) is 51.0 Å². The molecule has 2 heterocycles. The first kappa shape index (κ1) is 13.0. The van der Waals surface area contributed by atoms with Crippen molar-refractivity contribution in [2.75, 3.05) is 4.90 Å². The average molecular weight is 311 g/mol. The lowest BCUT2D eigenvalue weighted by atomic mass is 10.1. The van der Waals surface area contributed by atoms with Crippen LogP contribution in [0, 0.1) is 0 Å². The lowest BCUT2D eigenvalue weighted by Crippen LogP contribution is -2.29. The van der Waals surface area contributed by atoms with Gasteiger partial charge in [-0.1, -0.05) is 35.0 Å². The number of aromatic nitrogens is 3. The van der Waals surface area contributed by atoms with Crippen LogP contribution in [0.15, 0.2) is 54.7 Å². The maximum atomic E-state index is 13.0. The van der Waals surface area contributed by atoms with Crippen LogP contribution >= 0.6 is 11.6 Å². The monoisotopic (exact) mass is 310 g/mol. The second-order valence-corrected chi connectivity index (χ2v) is 5.46. The molecule has 0 bridgehead atoms. The van der Waals surface area contributed by atoms with E-state index in [2.05, 4.69) is 10.3 Å². The zero-order valence-corrected chi connectivity index (χ0v) is 12.2. The van der Waals surface area contributed by atoms with Crippen molar-refractivity contribution in [3.8, 4) is 5.69 Å². The third-order valence-corrected chi connectivity index (χ3v) is 3.91. The molecular formula is C16H11ClN4O. The van der Waals surface area contributed by atoms with Crippen LogP contribution in [0.5, 0.6) is 0 Å². The molecule has 0 aliphatic carbocycles. The van der Waals surface area contributed by atoms with E-state index >= 15 is 0 Å². The summed E-state index contributed by atoms with van der Waals surface area (Å²) < 4.78 is 1.69. The Morgan fingerprint density at radius 1 is 1.09 bits per heavy atom. The van der Waals surface area contributed by atoms with Crippen LogP contribution in [-0.4, -0.2) is 20.9 Å². The van der Waals surface area contributed by atoms with E-state index in [1.54, 1.807) is 34.0 Å². The average Bonchev–Trinajstić information content (AvgIpc) is 2.97. The second-order valence-electron chi connectivity index (χ2n) is 5.03. The zero-order valence-electron chi connectivity index (χ0n) is 11.5. The van der Waals surface area contributed by atoms with E-state index in [0.29, 0.717) is 22.8 Å². The molecular weight excluding hydrogens is 300 g/mol. The van der Waals surface area contributed by atoms with E-state index in [9.17, 15) is 4.79 Å². The number of hydrogen-bond acceptors (Lipinski definition) is 3. The van der Waals surface area contributed by atoms with Gasteiger partial charge in [-0.2, -0.15) is 0 Å². The largest absolute Gasteiger partial charge is 0.302 e. The molecule has 0 unspecified atom stereocenters. The van der Waals surface area contributed by atoms with E-state index in [1.807, 2.05) is 30.3 Å². The Balaban J connectivity index is 1.95. The van der Waals surface area contributed by atoms with Gasteiger partial charge in [-0.05, 0) is 30.3 Å². The normalized spacial score (nSPS) is 13.5. The molecule has 6 heteroatoms. The zero-order chi connectivity index (χ0) is 15.1.